The van der Waals surface area contributed by atoms with Gasteiger partial charge in [0.2, 0.25) is 0 Å². The van der Waals surface area contributed by atoms with Crippen LogP contribution in [-0.4, -0.2) is 36.8 Å². The Bertz CT molecular complexity index is 407. The van der Waals surface area contributed by atoms with E-state index in [1.54, 1.807) is 6.07 Å². The van der Waals surface area contributed by atoms with Gasteiger partial charge >= 0.3 is 6.18 Å². The van der Waals surface area contributed by atoms with Crippen molar-refractivity contribution in [2.75, 3.05) is 19.8 Å². The Morgan fingerprint density at radius 3 is 2.68 bits per heavy atom. The molecule has 0 bridgehead atoms. The minimum absolute atomic E-state index is 0.0186. The first-order chi connectivity index (χ1) is 8.92. The van der Waals surface area contributed by atoms with E-state index in [1.807, 2.05) is 0 Å². The van der Waals surface area contributed by atoms with Crippen LogP contribution >= 0.6 is 0 Å². The molecule has 0 aliphatic carbocycles. The van der Waals surface area contributed by atoms with Crippen LogP contribution in [0.25, 0.3) is 0 Å². The van der Waals surface area contributed by atoms with Crippen molar-refractivity contribution in [3.8, 4) is 0 Å². The summed E-state index contributed by atoms with van der Waals surface area (Å²) in [5.41, 5.74) is 6.33. The molecule has 1 aromatic heterocycles. The monoisotopic (exact) mass is 277 g/mol. The van der Waals surface area contributed by atoms with E-state index in [4.69, 9.17) is 5.73 Å². The summed E-state index contributed by atoms with van der Waals surface area (Å²) >= 11 is 0. The van der Waals surface area contributed by atoms with E-state index < -0.39 is 18.7 Å². The summed E-state index contributed by atoms with van der Waals surface area (Å²) in [5, 5.41) is 2.40. The van der Waals surface area contributed by atoms with Gasteiger partial charge in [-0.05, 0) is 11.6 Å². The number of carbonyl (C=O) groups is 1. The molecule has 0 atom stereocenters. The van der Waals surface area contributed by atoms with Gasteiger partial charge in [-0.2, -0.15) is 13.2 Å². The van der Waals surface area contributed by atoms with Crippen molar-refractivity contribution in [3.63, 3.8) is 0 Å². The second-order valence-electron chi connectivity index (χ2n) is 3.68. The second kappa shape index (κ2) is 7.05. The second-order valence-corrected chi connectivity index (χ2v) is 3.68. The summed E-state index contributed by atoms with van der Waals surface area (Å²) in [5.74, 6) is -0.473. The van der Waals surface area contributed by atoms with Gasteiger partial charge in [0, 0.05) is 19.3 Å². The lowest BCUT2D eigenvalue weighted by atomic mass is 10.2. The van der Waals surface area contributed by atoms with E-state index >= 15 is 0 Å². The van der Waals surface area contributed by atoms with Crippen LogP contribution in [0.1, 0.15) is 16.1 Å². The number of nitrogens with two attached hydrogens (primary N) is 1. The zero-order valence-electron chi connectivity index (χ0n) is 10.0. The van der Waals surface area contributed by atoms with Gasteiger partial charge in [-0.15, -0.1) is 0 Å². The molecule has 0 saturated carbocycles. The van der Waals surface area contributed by atoms with E-state index in [-0.39, 0.29) is 18.8 Å². The normalized spacial score (nSPS) is 11.4. The topological polar surface area (TPSA) is 77.2 Å². The third-order valence-electron chi connectivity index (χ3n) is 2.09. The Labute approximate surface area is 108 Å². The Hall–Kier alpha value is -1.67. The molecular formula is C11H14F3N3O2. The number of pyridine rings is 1. The molecule has 0 fully saturated rings. The summed E-state index contributed by atoms with van der Waals surface area (Å²) < 4.78 is 39.6. The Morgan fingerprint density at radius 1 is 1.42 bits per heavy atom. The molecule has 1 amide bonds. The minimum atomic E-state index is -4.36. The molecule has 19 heavy (non-hydrogen) atoms. The third-order valence-corrected chi connectivity index (χ3v) is 2.09. The van der Waals surface area contributed by atoms with Crippen LogP contribution in [0.4, 0.5) is 13.2 Å². The highest BCUT2D eigenvalue weighted by molar-refractivity contribution is 5.92. The molecule has 8 heteroatoms. The molecule has 106 valence electrons. The fraction of sp³-hybridized carbons (Fsp3) is 0.455. The predicted octanol–water partition coefficient (Wildman–Crippen LogP) is 0.849. The van der Waals surface area contributed by atoms with Crippen LogP contribution in [-0.2, 0) is 11.3 Å². The lowest BCUT2D eigenvalue weighted by Gasteiger charge is -2.08. The smallest absolute Gasteiger partial charge is 0.370 e. The average Bonchev–Trinajstić information content (AvgIpc) is 2.37. The molecule has 0 aromatic carbocycles. The van der Waals surface area contributed by atoms with E-state index in [2.05, 4.69) is 15.0 Å². The molecule has 0 aliphatic heterocycles. The number of ether oxygens (including phenoxy) is 1. The van der Waals surface area contributed by atoms with E-state index in [1.165, 1.54) is 12.3 Å². The summed E-state index contributed by atoms with van der Waals surface area (Å²) in [4.78, 5) is 15.4. The average molecular weight is 277 g/mol. The largest absolute Gasteiger partial charge is 0.411 e. The molecule has 1 rings (SSSR count). The van der Waals surface area contributed by atoms with Crippen molar-refractivity contribution < 1.29 is 22.7 Å². The number of hydrogen-bond donors (Lipinski definition) is 2. The standard InChI is InChI=1S/C11H14F3N3O2/c12-11(13,14)7-19-4-3-16-10(18)9-2-1-8(5-15)6-17-9/h1-2,6H,3-5,7,15H2,(H,16,18). The fourth-order valence-corrected chi connectivity index (χ4v) is 1.19. The molecule has 5 nitrogen and oxygen atoms in total. The van der Waals surface area contributed by atoms with Crippen molar-refractivity contribution in [1.82, 2.24) is 10.3 Å². The van der Waals surface area contributed by atoms with Crippen molar-refractivity contribution in [3.05, 3.63) is 29.6 Å². The molecular weight excluding hydrogens is 263 g/mol. The first kappa shape index (κ1) is 15.4. The van der Waals surface area contributed by atoms with Gasteiger partial charge in [-0.25, -0.2) is 0 Å². The predicted molar refractivity (Wildman–Crippen MR) is 61.3 cm³/mol. The summed E-state index contributed by atoms with van der Waals surface area (Å²) in [7, 11) is 0. The molecule has 1 heterocycles. The molecule has 1 aromatic rings. The van der Waals surface area contributed by atoms with Crippen molar-refractivity contribution in [2.45, 2.75) is 12.7 Å². The number of hydrogen-bond acceptors (Lipinski definition) is 4. The molecule has 0 saturated heterocycles. The highest BCUT2D eigenvalue weighted by Crippen LogP contribution is 2.13. The number of rotatable bonds is 6. The SMILES string of the molecule is NCc1ccc(C(=O)NCCOCC(F)(F)F)nc1. The quantitative estimate of drug-likeness (QED) is 0.756. The molecule has 0 spiro atoms. The first-order valence-corrected chi connectivity index (χ1v) is 5.50. The highest BCUT2D eigenvalue weighted by Gasteiger charge is 2.27. The van der Waals surface area contributed by atoms with Gasteiger partial charge in [0.1, 0.15) is 12.3 Å². The maximum absolute atomic E-state index is 11.7. The zero-order chi connectivity index (χ0) is 14.3. The van der Waals surface area contributed by atoms with Gasteiger partial charge in [-0.3, -0.25) is 9.78 Å². The maximum Gasteiger partial charge on any atom is 0.411 e. The highest BCUT2D eigenvalue weighted by atomic mass is 19.4. The Balaban J connectivity index is 2.27. The maximum atomic E-state index is 11.7. The van der Waals surface area contributed by atoms with Crippen molar-refractivity contribution in [2.24, 2.45) is 5.73 Å². The van der Waals surface area contributed by atoms with Gasteiger partial charge in [0.05, 0.1) is 6.61 Å². The van der Waals surface area contributed by atoms with Crippen molar-refractivity contribution in [1.29, 1.82) is 0 Å². The summed E-state index contributed by atoms with van der Waals surface area (Å²) in [6, 6.07) is 3.15. The van der Waals surface area contributed by atoms with Crippen LogP contribution in [0.3, 0.4) is 0 Å². The third kappa shape index (κ3) is 6.16. The summed E-state index contributed by atoms with van der Waals surface area (Å²) in [6.45, 7) is -1.24. The number of halogens is 3. The number of amides is 1. The molecule has 0 radical (unpaired) electrons. The number of aromatic nitrogens is 1. The Morgan fingerprint density at radius 2 is 2.16 bits per heavy atom. The lowest BCUT2D eigenvalue weighted by molar-refractivity contribution is -0.173. The van der Waals surface area contributed by atoms with Gasteiger partial charge in [0.15, 0.2) is 0 Å². The summed E-state index contributed by atoms with van der Waals surface area (Å²) in [6.07, 6.45) is -2.89. The number of carbonyl (C=O) groups excluding carboxylic acids is 1. The Kier molecular flexibility index (Phi) is 5.71. The lowest BCUT2D eigenvalue weighted by Crippen LogP contribution is -2.29. The van der Waals surface area contributed by atoms with Crippen molar-refractivity contribution >= 4 is 5.91 Å². The van der Waals surface area contributed by atoms with Crippen LogP contribution in [0.15, 0.2) is 18.3 Å². The van der Waals surface area contributed by atoms with Gasteiger partial charge in [-0.1, -0.05) is 6.07 Å². The van der Waals surface area contributed by atoms with E-state index in [0.29, 0.717) is 6.54 Å². The van der Waals surface area contributed by atoms with Crippen LogP contribution < -0.4 is 11.1 Å². The molecule has 3 N–H and O–H groups in total. The fourth-order valence-electron chi connectivity index (χ4n) is 1.19. The number of nitrogens with zero attached hydrogens (tertiary/aromatic N) is 1. The number of nitrogens with one attached hydrogen (secondary N) is 1. The van der Waals surface area contributed by atoms with Gasteiger partial charge < -0.3 is 15.8 Å². The van der Waals surface area contributed by atoms with Crippen LogP contribution in [0.2, 0.25) is 0 Å². The molecule has 0 aliphatic rings. The number of alkyl halides is 3. The van der Waals surface area contributed by atoms with Gasteiger partial charge in [0.25, 0.3) is 5.91 Å². The van der Waals surface area contributed by atoms with Crippen LogP contribution in [0.5, 0.6) is 0 Å². The van der Waals surface area contributed by atoms with E-state index in [9.17, 15) is 18.0 Å². The van der Waals surface area contributed by atoms with Crippen LogP contribution in [0, 0.1) is 0 Å². The first-order valence-electron chi connectivity index (χ1n) is 5.50. The van der Waals surface area contributed by atoms with E-state index in [0.717, 1.165) is 5.56 Å². The zero-order valence-corrected chi connectivity index (χ0v) is 10.0. The minimum Gasteiger partial charge on any atom is -0.370 e. The molecule has 0 unspecified atom stereocenters.